The summed E-state index contributed by atoms with van der Waals surface area (Å²) in [5.41, 5.74) is 0.0813. The van der Waals surface area contributed by atoms with Crippen molar-refractivity contribution in [2.75, 3.05) is 18.4 Å². The molecule has 0 saturated carbocycles. The second-order valence-corrected chi connectivity index (χ2v) is 12.6. The monoisotopic (exact) mass is 564 g/mol. The fourth-order valence-electron chi connectivity index (χ4n) is 5.11. The Balaban J connectivity index is 1.63. The van der Waals surface area contributed by atoms with Gasteiger partial charge in [0, 0.05) is 31.0 Å². The molecule has 0 amide bonds. The largest absolute Gasteiger partial charge is 0.420 e. The van der Waals surface area contributed by atoms with Crippen LogP contribution in [-0.2, 0) is 16.2 Å². The van der Waals surface area contributed by atoms with Crippen LogP contribution in [0.2, 0.25) is 0 Å². The van der Waals surface area contributed by atoms with E-state index in [4.69, 9.17) is 0 Å². The van der Waals surface area contributed by atoms with Gasteiger partial charge in [0.15, 0.2) is 0 Å². The number of sulfonamides is 1. The van der Waals surface area contributed by atoms with E-state index in [0.717, 1.165) is 19.0 Å². The van der Waals surface area contributed by atoms with Crippen LogP contribution >= 0.6 is 0 Å². The number of hydrogen-bond acceptors (Lipinski definition) is 6. The molecule has 212 valence electrons. The van der Waals surface area contributed by atoms with E-state index in [1.54, 1.807) is 30.5 Å². The Morgan fingerprint density at radius 3 is 2.26 bits per heavy atom. The van der Waals surface area contributed by atoms with Crippen LogP contribution in [0.1, 0.15) is 63.5 Å². The molecule has 8 nitrogen and oxygen atoms in total. The quantitative estimate of drug-likeness (QED) is 0.359. The summed E-state index contributed by atoms with van der Waals surface area (Å²) in [7, 11) is -3.66. The number of alkyl halides is 3. The fraction of sp³-hybridized carbons (Fsp3) is 0.519. The van der Waals surface area contributed by atoms with E-state index in [9.17, 15) is 21.6 Å². The van der Waals surface area contributed by atoms with Gasteiger partial charge in [0.2, 0.25) is 16.0 Å². The van der Waals surface area contributed by atoms with Gasteiger partial charge in [-0.3, -0.25) is 0 Å². The maximum absolute atomic E-state index is 13.9. The van der Waals surface area contributed by atoms with Gasteiger partial charge in [-0.1, -0.05) is 13.8 Å². The molecular weight excluding hydrogens is 529 g/mol. The summed E-state index contributed by atoms with van der Waals surface area (Å²) in [5, 5.41) is 2.97. The van der Waals surface area contributed by atoms with Crippen LogP contribution in [0.5, 0.6) is 0 Å². The van der Waals surface area contributed by atoms with Crippen molar-refractivity contribution in [3.63, 3.8) is 0 Å². The first-order chi connectivity index (χ1) is 18.2. The number of hydrogen-bond donors (Lipinski definition) is 1. The van der Waals surface area contributed by atoms with Gasteiger partial charge in [0.05, 0.1) is 16.8 Å². The van der Waals surface area contributed by atoms with Gasteiger partial charge < -0.3 is 9.88 Å². The Labute approximate surface area is 227 Å². The SMILES string of the molecule is Cc1cc(S(=O)(=O)N2CCC(C(C)C)CC2)ccc1Nc1ncc(C(F)(F)F)c(-c2cnc(C)n2C(C)C)n1. The molecule has 1 aliphatic heterocycles. The van der Waals surface area contributed by atoms with Crippen molar-refractivity contribution < 1.29 is 21.6 Å². The van der Waals surface area contributed by atoms with E-state index in [2.05, 4.69) is 34.1 Å². The molecule has 1 aliphatic rings. The van der Waals surface area contributed by atoms with Crippen molar-refractivity contribution >= 4 is 21.7 Å². The molecule has 1 N–H and O–H groups in total. The number of anilines is 2. The zero-order valence-electron chi connectivity index (χ0n) is 23.0. The van der Waals surface area contributed by atoms with Crippen LogP contribution < -0.4 is 5.32 Å². The Morgan fingerprint density at radius 1 is 1.03 bits per heavy atom. The van der Waals surface area contributed by atoms with E-state index in [1.807, 2.05) is 13.8 Å². The van der Waals surface area contributed by atoms with Gasteiger partial charge in [0.1, 0.15) is 17.1 Å². The summed E-state index contributed by atoms with van der Waals surface area (Å²) in [4.78, 5) is 12.5. The third kappa shape index (κ3) is 5.96. The number of aryl methyl sites for hydroxylation is 2. The topological polar surface area (TPSA) is 93.0 Å². The number of nitrogens with zero attached hydrogens (tertiary/aromatic N) is 5. The molecule has 4 rings (SSSR count). The first-order valence-electron chi connectivity index (χ1n) is 13.1. The third-order valence-electron chi connectivity index (χ3n) is 7.36. The van der Waals surface area contributed by atoms with E-state index >= 15 is 0 Å². The Kier molecular flexibility index (Phi) is 8.09. The number of aromatic nitrogens is 4. The maximum atomic E-state index is 13.9. The maximum Gasteiger partial charge on any atom is 0.420 e. The molecule has 2 aromatic heterocycles. The average molecular weight is 565 g/mol. The van der Waals surface area contributed by atoms with Gasteiger partial charge in [-0.15, -0.1) is 0 Å². The van der Waals surface area contributed by atoms with Crippen molar-refractivity contribution in [1.82, 2.24) is 23.8 Å². The van der Waals surface area contributed by atoms with Gasteiger partial charge in [-0.2, -0.15) is 17.5 Å². The molecule has 1 aromatic carbocycles. The van der Waals surface area contributed by atoms with Crippen molar-refractivity contribution in [2.24, 2.45) is 11.8 Å². The second kappa shape index (κ2) is 10.9. The number of imidazole rings is 1. The molecule has 12 heteroatoms. The standard InChI is InChI=1S/C27H35F3N6O2S/c1-16(2)20-9-11-35(12-10-20)39(37,38)21-7-8-23(18(5)13-21)33-26-32-14-22(27(28,29)30)25(34-26)24-15-31-19(6)36(24)17(3)4/h7-8,13-17,20H,9-12H2,1-6H3,(H,32,33,34). The van der Waals surface area contributed by atoms with Crippen LogP contribution in [0.4, 0.5) is 24.8 Å². The molecule has 0 unspecified atom stereocenters. The predicted molar refractivity (Wildman–Crippen MR) is 144 cm³/mol. The fourth-order valence-corrected chi connectivity index (χ4v) is 6.67. The normalized spacial score (nSPS) is 15.9. The molecule has 1 fully saturated rings. The number of benzene rings is 1. The highest BCUT2D eigenvalue weighted by molar-refractivity contribution is 7.89. The first-order valence-corrected chi connectivity index (χ1v) is 14.5. The highest BCUT2D eigenvalue weighted by atomic mass is 32.2. The van der Waals surface area contributed by atoms with Crippen molar-refractivity contribution in [3.8, 4) is 11.4 Å². The number of rotatable bonds is 7. The lowest BCUT2D eigenvalue weighted by Gasteiger charge is -2.33. The van der Waals surface area contributed by atoms with Crippen LogP contribution in [0, 0.1) is 25.7 Å². The average Bonchev–Trinajstić information content (AvgIpc) is 3.26. The molecule has 39 heavy (non-hydrogen) atoms. The third-order valence-corrected chi connectivity index (χ3v) is 9.25. The van der Waals surface area contributed by atoms with E-state index in [-0.39, 0.29) is 28.3 Å². The minimum atomic E-state index is -4.66. The van der Waals surface area contributed by atoms with Crippen molar-refractivity contribution in [2.45, 2.75) is 71.5 Å². The minimum Gasteiger partial charge on any atom is -0.324 e. The number of piperidine rings is 1. The van der Waals surface area contributed by atoms with Crippen LogP contribution in [-0.4, -0.2) is 45.3 Å². The highest BCUT2D eigenvalue weighted by Crippen LogP contribution is 2.38. The molecule has 0 atom stereocenters. The van der Waals surface area contributed by atoms with E-state index in [1.165, 1.54) is 16.6 Å². The van der Waals surface area contributed by atoms with Gasteiger partial charge >= 0.3 is 6.18 Å². The molecule has 3 heterocycles. The number of halogens is 3. The van der Waals surface area contributed by atoms with Crippen molar-refractivity contribution in [3.05, 3.63) is 47.5 Å². The summed E-state index contributed by atoms with van der Waals surface area (Å²) >= 11 is 0. The Hall–Kier alpha value is -2.99. The smallest absolute Gasteiger partial charge is 0.324 e. The van der Waals surface area contributed by atoms with Crippen LogP contribution in [0.3, 0.4) is 0 Å². The zero-order valence-corrected chi connectivity index (χ0v) is 23.9. The summed E-state index contributed by atoms with van der Waals surface area (Å²) in [6.45, 7) is 12.5. The van der Waals surface area contributed by atoms with Crippen LogP contribution in [0.25, 0.3) is 11.4 Å². The minimum absolute atomic E-state index is 0.0402. The summed E-state index contributed by atoms with van der Waals surface area (Å²) in [6.07, 6.45) is -0.863. The highest BCUT2D eigenvalue weighted by Gasteiger charge is 2.37. The lowest BCUT2D eigenvalue weighted by atomic mass is 9.87. The van der Waals surface area contributed by atoms with Gasteiger partial charge in [0.25, 0.3) is 0 Å². The van der Waals surface area contributed by atoms with E-state index in [0.29, 0.717) is 42.0 Å². The summed E-state index contributed by atoms with van der Waals surface area (Å²) < 4.78 is 71.4. The summed E-state index contributed by atoms with van der Waals surface area (Å²) in [6, 6.07) is 4.52. The molecule has 0 radical (unpaired) electrons. The van der Waals surface area contributed by atoms with Crippen LogP contribution in [0.15, 0.2) is 35.5 Å². The summed E-state index contributed by atoms with van der Waals surface area (Å²) in [5.74, 6) is 1.57. The molecule has 1 saturated heterocycles. The lowest BCUT2D eigenvalue weighted by molar-refractivity contribution is -0.137. The Morgan fingerprint density at radius 2 is 1.69 bits per heavy atom. The zero-order chi connectivity index (χ0) is 28.7. The van der Waals surface area contributed by atoms with E-state index < -0.39 is 21.8 Å². The van der Waals surface area contributed by atoms with Gasteiger partial charge in [-0.05, 0) is 76.1 Å². The first kappa shape index (κ1) is 29.0. The molecule has 0 bridgehead atoms. The molecule has 3 aromatic rings. The number of nitrogens with one attached hydrogen (secondary N) is 1. The lowest BCUT2D eigenvalue weighted by Crippen LogP contribution is -2.39. The van der Waals surface area contributed by atoms with Gasteiger partial charge in [-0.25, -0.2) is 23.4 Å². The van der Waals surface area contributed by atoms with Crippen molar-refractivity contribution in [1.29, 1.82) is 0 Å². The molecule has 0 spiro atoms. The predicted octanol–water partition coefficient (Wildman–Crippen LogP) is 6.36. The second-order valence-electron chi connectivity index (χ2n) is 10.7. The Bertz CT molecular complexity index is 1440. The molecular formula is C27H35F3N6O2S. The molecule has 0 aliphatic carbocycles.